The van der Waals surface area contributed by atoms with E-state index in [0.717, 1.165) is 0 Å². The molecule has 1 aromatic heterocycles. The van der Waals surface area contributed by atoms with Crippen LogP contribution in [0.25, 0.3) is 0 Å². The summed E-state index contributed by atoms with van der Waals surface area (Å²) in [5, 5.41) is -0.0623. The molecular weight excluding hydrogens is 291 g/mol. The smallest absolute Gasteiger partial charge is 0.428 e. The van der Waals surface area contributed by atoms with Gasteiger partial charge in [-0.1, -0.05) is 11.6 Å². The number of hydrogen-bond acceptors (Lipinski definition) is 5. The van der Waals surface area contributed by atoms with E-state index in [1.165, 1.54) is 18.2 Å². The summed E-state index contributed by atoms with van der Waals surface area (Å²) in [6.45, 7) is 0. The van der Waals surface area contributed by atoms with Crippen LogP contribution in [0.1, 0.15) is 5.82 Å². The molecule has 0 aliphatic carbocycles. The molecule has 0 bridgehead atoms. The van der Waals surface area contributed by atoms with Crippen molar-refractivity contribution in [2.24, 2.45) is 0 Å². The average Bonchev–Trinajstić information content (AvgIpc) is 2.70. The van der Waals surface area contributed by atoms with Crippen molar-refractivity contribution < 1.29 is 17.9 Å². The van der Waals surface area contributed by atoms with Crippen LogP contribution in [0.2, 0.25) is 5.02 Å². The topological polar surface area (TPSA) is 61.0 Å². The van der Waals surface area contributed by atoms with Crippen molar-refractivity contribution in [3.8, 4) is 10.9 Å². The van der Waals surface area contributed by atoms with E-state index in [0.29, 0.717) is 17.2 Å². The van der Waals surface area contributed by atoms with E-state index in [-0.39, 0.29) is 16.0 Å². The molecule has 0 radical (unpaired) electrons. The Morgan fingerprint density at radius 1 is 1.33 bits per heavy atom. The summed E-state index contributed by atoms with van der Waals surface area (Å²) in [5.74, 6) is -1.08. The lowest BCUT2D eigenvalue weighted by Crippen LogP contribution is -2.06. The summed E-state index contributed by atoms with van der Waals surface area (Å²) in [7, 11) is 0. The van der Waals surface area contributed by atoms with Crippen LogP contribution >= 0.6 is 23.1 Å². The van der Waals surface area contributed by atoms with Crippen LogP contribution in [0.3, 0.4) is 0 Å². The predicted octanol–water partition coefficient (Wildman–Crippen LogP) is 3.58. The molecule has 1 aromatic carbocycles. The van der Waals surface area contributed by atoms with E-state index < -0.39 is 12.0 Å². The Bertz CT molecular complexity index is 572. The fourth-order valence-corrected chi connectivity index (χ4v) is 1.85. The van der Waals surface area contributed by atoms with E-state index >= 15 is 0 Å². The normalized spacial score (nSPS) is 11.6. The van der Waals surface area contributed by atoms with Gasteiger partial charge in [0.2, 0.25) is 0 Å². The largest absolute Gasteiger partial charge is 0.452 e. The second-order valence-electron chi connectivity index (χ2n) is 3.17. The number of ether oxygens (including phenoxy) is 1. The van der Waals surface area contributed by atoms with Gasteiger partial charge in [0.15, 0.2) is 0 Å². The van der Waals surface area contributed by atoms with Crippen molar-refractivity contribution in [2.45, 2.75) is 6.18 Å². The number of rotatable bonds is 2. The highest BCUT2D eigenvalue weighted by Crippen LogP contribution is 2.34. The summed E-state index contributed by atoms with van der Waals surface area (Å²) in [6, 6.07) is 4.36. The molecule has 4 nitrogen and oxygen atoms in total. The standard InChI is InChI=1S/C9H5ClF3N3OS/c10-5-3-4(14)1-2-6(5)17-8-15-7(16-18-8)9(11,12)13/h1-3H,14H2. The van der Waals surface area contributed by atoms with Crippen molar-refractivity contribution in [1.29, 1.82) is 0 Å². The molecule has 2 rings (SSSR count). The molecule has 2 N–H and O–H groups in total. The lowest BCUT2D eigenvalue weighted by atomic mass is 10.3. The Hall–Kier alpha value is -1.54. The third kappa shape index (κ3) is 2.82. The molecule has 9 heteroatoms. The Balaban J connectivity index is 2.21. The van der Waals surface area contributed by atoms with E-state index in [9.17, 15) is 13.2 Å². The summed E-state index contributed by atoms with van der Waals surface area (Å²) < 4.78 is 45.0. The van der Waals surface area contributed by atoms with Gasteiger partial charge in [-0.05, 0) is 18.2 Å². The Morgan fingerprint density at radius 3 is 2.61 bits per heavy atom. The van der Waals surface area contributed by atoms with Gasteiger partial charge >= 0.3 is 6.18 Å². The third-order valence-electron chi connectivity index (χ3n) is 1.81. The third-order valence-corrected chi connectivity index (χ3v) is 2.70. The van der Waals surface area contributed by atoms with Crippen LogP contribution < -0.4 is 10.5 Å². The lowest BCUT2D eigenvalue weighted by Gasteiger charge is -2.04. The summed E-state index contributed by atoms with van der Waals surface area (Å²) in [5.41, 5.74) is 5.89. The maximum Gasteiger partial charge on any atom is 0.452 e. The number of aromatic nitrogens is 2. The monoisotopic (exact) mass is 295 g/mol. The zero-order valence-corrected chi connectivity index (χ0v) is 10.1. The van der Waals surface area contributed by atoms with E-state index in [4.69, 9.17) is 22.1 Å². The predicted molar refractivity (Wildman–Crippen MR) is 60.8 cm³/mol. The van der Waals surface area contributed by atoms with Gasteiger partial charge in [-0.25, -0.2) is 0 Å². The zero-order chi connectivity index (χ0) is 13.3. The van der Waals surface area contributed by atoms with Crippen molar-refractivity contribution in [2.75, 3.05) is 5.73 Å². The lowest BCUT2D eigenvalue weighted by molar-refractivity contribution is -0.144. The van der Waals surface area contributed by atoms with Crippen LogP contribution in [-0.4, -0.2) is 9.36 Å². The molecule has 0 saturated carbocycles. The first kappa shape index (κ1) is 12.9. The van der Waals surface area contributed by atoms with Gasteiger partial charge in [0.05, 0.1) is 5.02 Å². The van der Waals surface area contributed by atoms with E-state index in [2.05, 4.69) is 9.36 Å². The van der Waals surface area contributed by atoms with Crippen LogP contribution in [0, 0.1) is 0 Å². The molecule has 0 spiro atoms. The highest BCUT2D eigenvalue weighted by Gasteiger charge is 2.36. The minimum atomic E-state index is -4.59. The van der Waals surface area contributed by atoms with Crippen molar-refractivity contribution >= 4 is 28.8 Å². The highest BCUT2D eigenvalue weighted by molar-refractivity contribution is 7.07. The summed E-state index contributed by atoms with van der Waals surface area (Å²) in [6.07, 6.45) is -4.59. The van der Waals surface area contributed by atoms with Crippen molar-refractivity contribution in [1.82, 2.24) is 9.36 Å². The molecule has 96 valence electrons. The number of halogens is 4. The number of benzene rings is 1. The van der Waals surface area contributed by atoms with Gasteiger partial charge < -0.3 is 10.5 Å². The molecular formula is C9H5ClF3N3OS. The van der Waals surface area contributed by atoms with Crippen molar-refractivity contribution in [3.63, 3.8) is 0 Å². The Kier molecular flexibility index (Phi) is 3.31. The number of hydrogen-bond donors (Lipinski definition) is 1. The number of nitrogen functional groups attached to an aromatic ring is 1. The van der Waals surface area contributed by atoms with Gasteiger partial charge in [0, 0.05) is 17.2 Å². The number of anilines is 1. The average molecular weight is 296 g/mol. The van der Waals surface area contributed by atoms with Gasteiger partial charge in [-0.15, -0.1) is 0 Å². The number of alkyl halides is 3. The molecule has 0 saturated heterocycles. The molecule has 0 aliphatic heterocycles. The summed E-state index contributed by atoms with van der Waals surface area (Å²) in [4.78, 5) is 3.21. The quantitative estimate of drug-likeness (QED) is 0.860. The van der Waals surface area contributed by atoms with E-state index in [1.54, 1.807) is 0 Å². The minimum Gasteiger partial charge on any atom is -0.428 e. The molecule has 1 heterocycles. The minimum absolute atomic E-state index is 0.163. The van der Waals surface area contributed by atoms with Crippen LogP contribution in [0.5, 0.6) is 10.9 Å². The summed E-state index contributed by atoms with van der Waals surface area (Å²) >= 11 is 6.30. The molecule has 2 aromatic rings. The molecule has 0 atom stereocenters. The molecule has 0 amide bonds. The Morgan fingerprint density at radius 2 is 2.06 bits per heavy atom. The highest BCUT2D eigenvalue weighted by atomic mass is 35.5. The molecule has 0 aliphatic rings. The SMILES string of the molecule is Nc1ccc(Oc2nc(C(F)(F)F)ns2)c(Cl)c1. The second kappa shape index (κ2) is 4.62. The van der Waals surface area contributed by atoms with Crippen LogP contribution in [0.15, 0.2) is 18.2 Å². The fourth-order valence-electron chi connectivity index (χ4n) is 1.06. The second-order valence-corrected chi connectivity index (χ2v) is 4.30. The molecule has 0 fully saturated rings. The number of nitrogens with zero attached hydrogens (tertiary/aromatic N) is 2. The number of nitrogens with two attached hydrogens (primary N) is 1. The molecule has 18 heavy (non-hydrogen) atoms. The van der Waals surface area contributed by atoms with Gasteiger partial charge in [-0.2, -0.15) is 22.5 Å². The first-order chi connectivity index (χ1) is 8.36. The van der Waals surface area contributed by atoms with Gasteiger partial charge in [0.25, 0.3) is 11.0 Å². The maximum atomic E-state index is 12.3. The first-order valence-corrected chi connectivity index (χ1v) is 5.65. The van der Waals surface area contributed by atoms with E-state index in [1.807, 2.05) is 0 Å². The zero-order valence-electron chi connectivity index (χ0n) is 8.53. The first-order valence-electron chi connectivity index (χ1n) is 4.50. The Labute approximate surface area is 108 Å². The van der Waals surface area contributed by atoms with Gasteiger partial charge in [-0.3, -0.25) is 0 Å². The maximum absolute atomic E-state index is 12.3. The fraction of sp³-hybridized carbons (Fsp3) is 0.111. The van der Waals surface area contributed by atoms with Gasteiger partial charge in [0.1, 0.15) is 5.75 Å². The van der Waals surface area contributed by atoms with Crippen LogP contribution in [-0.2, 0) is 6.18 Å². The van der Waals surface area contributed by atoms with Crippen LogP contribution in [0.4, 0.5) is 18.9 Å². The van der Waals surface area contributed by atoms with Crippen molar-refractivity contribution in [3.05, 3.63) is 29.0 Å². The molecule has 0 unspecified atom stereocenters.